The summed E-state index contributed by atoms with van der Waals surface area (Å²) in [5, 5.41) is 10.7. The smallest absolute Gasteiger partial charge is 0.231 e. The zero-order chi connectivity index (χ0) is 14.4. The Balaban J connectivity index is 1.77. The summed E-state index contributed by atoms with van der Waals surface area (Å²) >= 11 is 3.45. The van der Waals surface area contributed by atoms with Crippen LogP contribution < -0.4 is 14.2 Å². The summed E-state index contributed by atoms with van der Waals surface area (Å²) in [5.74, 6) is 2.13. The number of halogens is 1. The second-order valence-electron chi connectivity index (χ2n) is 5.07. The third kappa shape index (κ3) is 2.08. The molecule has 2 aromatic rings. The van der Waals surface area contributed by atoms with Gasteiger partial charge in [-0.1, -0.05) is 18.2 Å². The molecule has 4 rings (SSSR count). The normalized spacial score (nSPS) is 16.5. The van der Waals surface area contributed by atoms with E-state index in [1.807, 2.05) is 30.3 Å². The van der Waals surface area contributed by atoms with Crippen molar-refractivity contribution in [3.63, 3.8) is 0 Å². The molecular formula is C16H13BrO4. The zero-order valence-electron chi connectivity index (χ0n) is 11.1. The van der Waals surface area contributed by atoms with E-state index in [9.17, 15) is 5.11 Å². The Morgan fingerprint density at radius 1 is 1.10 bits per heavy atom. The summed E-state index contributed by atoms with van der Waals surface area (Å²) in [5.41, 5.74) is 2.68. The first-order valence-corrected chi connectivity index (χ1v) is 7.55. The van der Waals surface area contributed by atoms with Crippen LogP contribution in [-0.4, -0.2) is 18.5 Å². The Hall–Kier alpha value is -1.72. The second-order valence-corrected chi connectivity index (χ2v) is 5.93. The monoisotopic (exact) mass is 348 g/mol. The maximum Gasteiger partial charge on any atom is 0.231 e. The molecule has 0 aliphatic carbocycles. The van der Waals surface area contributed by atoms with Crippen molar-refractivity contribution < 1.29 is 19.3 Å². The van der Waals surface area contributed by atoms with Gasteiger partial charge in [-0.2, -0.15) is 0 Å². The highest BCUT2D eigenvalue weighted by Gasteiger charge is 2.25. The van der Waals surface area contributed by atoms with Gasteiger partial charge in [-0.05, 0) is 39.2 Å². The highest BCUT2D eigenvalue weighted by atomic mass is 79.9. The molecule has 2 aliphatic heterocycles. The van der Waals surface area contributed by atoms with Crippen LogP contribution in [0.1, 0.15) is 22.8 Å². The minimum atomic E-state index is -0.760. The number of fused-ring (bicyclic) bond motifs is 2. The van der Waals surface area contributed by atoms with Gasteiger partial charge in [-0.15, -0.1) is 0 Å². The molecule has 1 unspecified atom stereocenters. The van der Waals surface area contributed by atoms with Gasteiger partial charge in [0.1, 0.15) is 11.9 Å². The van der Waals surface area contributed by atoms with Gasteiger partial charge in [0.25, 0.3) is 0 Å². The van der Waals surface area contributed by atoms with E-state index in [0.29, 0.717) is 18.1 Å². The van der Waals surface area contributed by atoms with Crippen LogP contribution in [0.2, 0.25) is 0 Å². The Morgan fingerprint density at radius 3 is 2.90 bits per heavy atom. The molecule has 1 N–H and O–H groups in total. The fourth-order valence-corrected chi connectivity index (χ4v) is 3.35. The molecule has 0 fully saturated rings. The van der Waals surface area contributed by atoms with Crippen LogP contribution >= 0.6 is 15.9 Å². The molecule has 21 heavy (non-hydrogen) atoms. The minimum absolute atomic E-state index is 0.206. The van der Waals surface area contributed by atoms with Crippen molar-refractivity contribution in [2.24, 2.45) is 0 Å². The average Bonchev–Trinajstić information content (AvgIpc) is 3.14. The number of para-hydroxylation sites is 1. The van der Waals surface area contributed by atoms with Gasteiger partial charge >= 0.3 is 0 Å². The van der Waals surface area contributed by atoms with E-state index in [2.05, 4.69) is 15.9 Å². The summed E-state index contributed by atoms with van der Waals surface area (Å²) in [6.07, 6.45) is 0.129. The van der Waals surface area contributed by atoms with Gasteiger partial charge in [0.05, 0.1) is 11.1 Å². The van der Waals surface area contributed by atoms with Gasteiger partial charge in [0.2, 0.25) is 6.79 Å². The van der Waals surface area contributed by atoms with Crippen LogP contribution in [0.15, 0.2) is 34.8 Å². The summed E-state index contributed by atoms with van der Waals surface area (Å²) in [7, 11) is 0. The molecular weight excluding hydrogens is 336 g/mol. The average molecular weight is 349 g/mol. The van der Waals surface area contributed by atoms with Crippen LogP contribution in [0.3, 0.4) is 0 Å². The standard InChI is InChI=1S/C16H13BrO4/c17-12-6-10(7-13-16(12)21-8-20-13)14(18)11-3-1-2-9-4-5-19-15(9)11/h1-3,6-7,14,18H,4-5,8H2. The van der Waals surface area contributed by atoms with Crippen LogP contribution in [0, 0.1) is 0 Å². The predicted molar refractivity (Wildman–Crippen MR) is 80.0 cm³/mol. The van der Waals surface area contributed by atoms with E-state index in [4.69, 9.17) is 14.2 Å². The lowest BCUT2D eigenvalue weighted by molar-refractivity contribution is 0.173. The molecule has 5 heteroatoms. The molecule has 0 radical (unpaired) electrons. The maximum absolute atomic E-state index is 10.7. The SMILES string of the molecule is OC(c1cc(Br)c2c(c1)OCO2)c1cccc2c1OCC2. The number of aliphatic hydroxyl groups excluding tert-OH is 1. The van der Waals surface area contributed by atoms with Gasteiger partial charge < -0.3 is 19.3 Å². The van der Waals surface area contributed by atoms with Gasteiger partial charge in [-0.25, -0.2) is 0 Å². The van der Waals surface area contributed by atoms with E-state index in [-0.39, 0.29) is 6.79 Å². The van der Waals surface area contributed by atoms with Crippen molar-refractivity contribution in [3.05, 3.63) is 51.5 Å². The number of benzene rings is 2. The highest BCUT2D eigenvalue weighted by Crippen LogP contribution is 2.43. The summed E-state index contributed by atoms with van der Waals surface area (Å²) < 4.78 is 17.2. The number of rotatable bonds is 2. The largest absolute Gasteiger partial charge is 0.493 e. The molecule has 2 aliphatic rings. The lowest BCUT2D eigenvalue weighted by atomic mass is 9.98. The van der Waals surface area contributed by atoms with Crippen molar-refractivity contribution in [1.29, 1.82) is 0 Å². The zero-order valence-corrected chi connectivity index (χ0v) is 12.7. The lowest BCUT2D eigenvalue weighted by Gasteiger charge is -2.16. The number of hydrogen-bond donors (Lipinski definition) is 1. The Morgan fingerprint density at radius 2 is 2.00 bits per heavy atom. The van der Waals surface area contributed by atoms with Crippen molar-refractivity contribution in [3.8, 4) is 17.2 Å². The second kappa shape index (κ2) is 4.93. The molecule has 0 bridgehead atoms. The van der Waals surface area contributed by atoms with Crippen molar-refractivity contribution in [2.45, 2.75) is 12.5 Å². The van der Waals surface area contributed by atoms with E-state index >= 15 is 0 Å². The molecule has 2 aromatic carbocycles. The quantitative estimate of drug-likeness (QED) is 0.905. The molecule has 0 saturated heterocycles. The Kier molecular flexibility index (Phi) is 3.05. The Labute approximate surface area is 130 Å². The van der Waals surface area contributed by atoms with Crippen LogP contribution in [-0.2, 0) is 6.42 Å². The fourth-order valence-electron chi connectivity index (χ4n) is 2.78. The maximum atomic E-state index is 10.7. The van der Waals surface area contributed by atoms with Crippen molar-refractivity contribution in [2.75, 3.05) is 13.4 Å². The van der Waals surface area contributed by atoms with E-state index in [1.165, 1.54) is 0 Å². The molecule has 0 aromatic heterocycles. The Bertz CT molecular complexity index is 714. The van der Waals surface area contributed by atoms with E-state index in [0.717, 1.165) is 33.3 Å². The molecule has 4 nitrogen and oxygen atoms in total. The lowest BCUT2D eigenvalue weighted by Crippen LogP contribution is -2.02. The number of hydrogen-bond acceptors (Lipinski definition) is 4. The molecule has 0 saturated carbocycles. The van der Waals surface area contributed by atoms with Crippen LogP contribution in [0.4, 0.5) is 0 Å². The van der Waals surface area contributed by atoms with Crippen LogP contribution in [0.5, 0.6) is 17.2 Å². The minimum Gasteiger partial charge on any atom is -0.493 e. The molecule has 0 spiro atoms. The van der Waals surface area contributed by atoms with Gasteiger partial charge in [0, 0.05) is 12.0 Å². The van der Waals surface area contributed by atoms with E-state index in [1.54, 1.807) is 0 Å². The summed E-state index contributed by atoms with van der Waals surface area (Å²) in [4.78, 5) is 0. The third-order valence-corrected chi connectivity index (χ3v) is 4.39. The third-order valence-electron chi connectivity index (χ3n) is 3.80. The fraction of sp³-hybridized carbons (Fsp3) is 0.250. The van der Waals surface area contributed by atoms with Gasteiger partial charge in [-0.3, -0.25) is 0 Å². The highest BCUT2D eigenvalue weighted by molar-refractivity contribution is 9.10. The number of aliphatic hydroxyl groups is 1. The van der Waals surface area contributed by atoms with Crippen molar-refractivity contribution in [1.82, 2.24) is 0 Å². The topological polar surface area (TPSA) is 47.9 Å². The number of ether oxygens (including phenoxy) is 3. The molecule has 1 atom stereocenters. The molecule has 2 heterocycles. The summed E-state index contributed by atoms with van der Waals surface area (Å²) in [6, 6.07) is 9.55. The molecule has 108 valence electrons. The summed E-state index contributed by atoms with van der Waals surface area (Å²) in [6.45, 7) is 0.876. The first-order valence-electron chi connectivity index (χ1n) is 6.76. The van der Waals surface area contributed by atoms with Crippen LogP contribution in [0.25, 0.3) is 0 Å². The molecule has 0 amide bonds. The first-order chi connectivity index (χ1) is 10.2. The predicted octanol–water partition coefficient (Wildman–Crippen LogP) is 3.19. The van der Waals surface area contributed by atoms with Gasteiger partial charge in [0.15, 0.2) is 11.5 Å². The first kappa shape index (κ1) is 13.0. The van der Waals surface area contributed by atoms with E-state index < -0.39 is 6.10 Å². The van der Waals surface area contributed by atoms with Crippen molar-refractivity contribution >= 4 is 15.9 Å².